The van der Waals surface area contributed by atoms with Crippen molar-refractivity contribution in [1.29, 1.82) is 0 Å². The maximum Gasteiger partial charge on any atom is 0.116 e. The van der Waals surface area contributed by atoms with Crippen LogP contribution in [-0.4, -0.2) is 40.1 Å². The number of anilines is 2. The number of benzene rings is 1. The fourth-order valence-electron chi connectivity index (χ4n) is 1.77. The standard InChI is InChI=1S/C12H18N2O2/c1-15-10-13-11-2-4-12(5-3-11)14-6-8-16-9-7-14/h2-5,13H,6-10H2,1H3. The summed E-state index contributed by atoms with van der Waals surface area (Å²) < 4.78 is 10.3. The average Bonchev–Trinajstić information content (AvgIpc) is 2.38. The molecule has 0 aliphatic carbocycles. The van der Waals surface area contributed by atoms with E-state index < -0.39 is 0 Å². The summed E-state index contributed by atoms with van der Waals surface area (Å²) in [6.45, 7) is 4.14. The zero-order valence-corrected chi connectivity index (χ0v) is 9.61. The molecule has 1 aliphatic rings. The summed E-state index contributed by atoms with van der Waals surface area (Å²) in [5.74, 6) is 0. The lowest BCUT2D eigenvalue weighted by atomic mass is 10.2. The molecule has 2 rings (SSSR count). The normalized spacial score (nSPS) is 16.2. The lowest BCUT2D eigenvalue weighted by Gasteiger charge is -2.28. The Morgan fingerprint density at radius 2 is 1.94 bits per heavy atom. The third kappa shape index (κ3) is 2.87. The fourth-order valence-corrected chi connectivity index (χ4v) is 1.77. The van der Waals surface area contributed by atoms with Crippen LogP contribution in [0.4, 0.5) is 11.4 Å². The predicted octanol–water partition coefficient (Wildman–Crippen LogP) is 1.54. The molecule has 1 heterocycles. The van der Waals surface area contributed by atoms with Crippen molar-refractivity contribution < 1.29 is 9.47 Å². The van der Waals surface area contributed by atoms with E-state index in [9.17, 15) is 0 Å². The van der Waals surface area contributed by atoms with E-state index in [0.717, 1.165) is 32.0 Å². The van der Waals surface area contributed by atoms with Crippen LogP contribution in [0.25, 0.3) is 0 Å². The number of nitrogens with zero attached hydrogens (tertiary/aromatic N) is 1. The monoisotopic (exact) mass is 222 g/mol. The van der Waals surface area contributed by atoms with Crippen molar-refractivity contribution >= 4 is 11.4 Å². The Labute approximate surface area is 96.2 Å². The van der Waals surface area contributed by atoms with Crippen LogP contribution in [0.2, 0.25) is 0 Å². The first-order valence-corrected chi connectivity index (χ1v) is 5.56. The minimum Gasteiger partial charge on any atom is -0.378 e. The number of hydrogen-bond acceptors (Lipinski definition) is 4. The van der Waals surface area contributed by atoms with Crippen molar-refractivity contribution in [3.8, 4) is 0 Å². The Balaban J connectivity index is 1.95. The average molecular weight is 222 g/mol. The van der Waals surface area contributed by atoms with Crippen LogP contribution < -0.4 is 10.2 Å². The topological polar surface area (TPSA) is 33.7 Å². The van der Waals surface area contributed by atoms with Gasteiger partial charge in [0.2, 0.25) is 0 Å². The van der Waals surface area contributed by atoms with E-state index in [2.05, 4.69) is 34.5 Å². The van der Waals surface area contributed by atoms with Crippen molar-refractivity contribution in [2.75, 3.05) is 50.4 Å². The third-order valence-electron chi connectivity index (χ3n) is 2.66. The summed E-state index contributed by atoms with van der Waals surface area (Å²) in [4.78, 5) is 2.34. The first-order chi connectivity index (χ1) is 7.90. The molecule has 0 spiro atoms. The summed E-state index contributed by atoms with van der Waals surface area (Å²) in [5, 5.41) is 3.16. The minimum absolute atomic E-state index is 0.539. The van der Waals surface area contributed by atoms with Gasteiger partial charge in [0.15, 0.2) is 0 Å². The summed E-state index contributed by atoms with van der Waals surface area (Å²) in [7, 11) is 1.68. The molecule has 88 valence electrons. The summed E-state index contributed by atoms with van der Waals surface area (Å²) >= 11 is 0. The summed E-state index contributed by atoms with van der Waals surface area (Å²) in [6.07, 6.45) is 0. The van der Waals surface area contributed by atoms with Crippen LogP contribution in [0.5, 0.6) is 0 Å². The van der Waals surface area contributed by atoms with Gasteiger partial charge in [-0.2, -0.15) is 0 Å². The molecule has 1 aromatic carbocycles. The van der Waals surface area contributed by atoms with Crippen LogP contribution in [0.3, 0.4) is 0 Å². The zero-order valence-electron chi connectivity index (χ0n) is 9.61. The Morgan fingerprint density at radius 1 is 1.25 bits per heavy atom. The van der Waals surface area contributed by atoms with E-state index >= 15 is 0 Å². The molecule has 0 unspecified atom stereocenters. The van der Waals surface area contributed by atoms with Crippen molar-refractivity contribution in [2.24, 2.45) is 0 Å². The largest absolute Gasteiger partial charge is 0.378 e. The van der Waals surface area contributed by atoms with Gasteiger partial charge in [0.05, 0.1) is 13.2 Å². The zero-order chi connectivity index (χ0) is 11.2. The van der Waals surface area contributed by atoms with Crippen molar-refractivity contribution in [1.82, 2.24) is 0 Å². The highest BCUT2D eigenvalue weighted by Crippen LogP contribution is 2.18. The highest BCUT2D eigenvalue weighted by atomic mass is 16.5. The van der Waals surface area contributed by atoms with Crippen molar-refractivity contribution in [3.05, 3.63) is 24.3 Å². The number of rotatable bonds is 4. The van der Waals surface area contributed by atoms with Gasteiger partial charge in [0.1, 0.15) is 6.73 Å². The predicted molar refractivity (Wildman–Crippen MR) is 65.0 cm³/mol. The Kier molecular flexibility index (Phi) is 4.02. The maximum absolute atomic E-state index is 5.33. The second kappa shape index (κ2) is 5.72. The molecule has 4 nitrogen and oxygen atoms in total. The molecule has 4 heteroatoms. The number of morpholine rings is 1. The van der Waals surface area contributed by atoms with E-state index in [1.165, 1.54) is 5.69 Å². The van der Waals surface area contributed by atoms with Gasteiger partial charge in [-0.05, 0) is 24.3 Å². The highest BCUT2D eigenvalue weighted by Gasteiger charge is 2.10. The molecule has 0 radical (unpaired) electrons. The lowest BCUT2D eigenvalue weighted by Crippen LogP contribution is -2.36. The van der Waals surface area contributed by atoms with Gasteiger partial charge in [0.25, 0.3) is 0 Å². The smallest absolute Gasteiger partial charge is 0.116 e. The van der Waals surface area contributed by atoms with E-state index in [0.29, 0.717) is 6.73 Å². The Morgan fingerprint density at radius 3 is 2.56 bits per heavy atom. The number of hydrogen-bond donors (Lipinski definition) is 1. The molecule has 0 saturated carbocycles. The van der Waals surface area contributed by atoms with Crippen molar-refractivity contribution in [3.63, 3.8) is 0 Å². The quantitative estimate of drug-likeness (QED) is 0.783. The minimum atomic E-state index is 0.539. The van der Waals surface area contributed by atoms with Crippen LogP contribution in [0, 0.1) is 0 Å². The maximum atomic E-state index is 5.33. The number of methoxy groups -OCH3 is 1. The second-order valence-electron chi connectivity index (χ2n) is 3.76. The summed E-state index contributed by atoms with van der Waals surface area (Å²) in [5.41, 5.74) is 2.34. The van der Waals surface area contributed by atoms with Gasteiger partial charge >= 0.3 is 0 Å². The molecule has 1 N–H and O–H groups in total. The molecular weight excluding hydrogens is 204 g/mol. The third-order valence-corrected chi connectivity index (χ3v) is 2.66. The van der Waals surface area contributed by atoms with Gasteiger partial charge in [-0.3, -0.25) is 0 Å². The van der Waals surface area contributed by atoms with E-state index in [-0.39, 0.29) is 0 Å². The fraction of sp³-hybridized carbons (Fsp3) is 0.500. The molecule has 1 aliphatic heterocycles. The van der Waals surface area contributed by atoms with Gasteiger partial charge in [-0.15, -0.1) is 0 Å². The van der Waals surface area contributed by atoms with E-state index in [1.54, 1.807) is 7.11 Å². The van der Waals surface area contributed by atoms with Crippen molar-refractivity contribution in [2.45, 2.75) is 0 Å². The molecule has 0 amide bonds. The summed E-state index contributed by atoms with van der Waals surface area (Å²) in [6, 6.07) is 8.40. The molecular formula is C12H18N2O2. The van der Waals surface area contributed by atoms with Gasteiger partial charge in [0, 0.05) is 31.6 Å². The molecule has 1 aromatic rings. The molecule has 0 bridgehead atoms. The van der Waals surface area contributed by atoms with Crippen LogP contribution >= 0.6 is 0 Å². The van der Waals surface area contributed by atoms with Gasteiger partial charge < -0.3 is 19.7 Å². The van der Waals surface area contributed by atoms with E-state index in [1.807, 2.05) is 0 Å². The van der Waals surface area contributed by atoms with E-state index in [4.69, 9.17) is 9.47 Å². The lowest BCUT2D eigenvalue weighted by molar-refractivity contribution is 0.122. The SMILES string of the molecule is COCNc1ccc(N2CCOCC2)cc1. The van der Waals surface area contributed by atoms with Crippen LogP contribution in [-0.2, 0) is 9.47 Å². The molecule has 1 saturated heterocycles. The first-order valence-electron chi connectivity index (χ1n) is 5.56. The molecule has 0 aromatic heterocycles. The Hall–Kier alpha value is -1.26. The van der Waals surface area contributed by atoms with Gasteiger partial charge in [-0.25, -0.2) is 0 Å². The second-order valence-corrected chi connectivity index (χ2v) is 3.76. The van der Waals surface area contributed by atoms with Gasteiger partial charge in [-0.1, -0.05) is 0 Å². The first kappa shape index (κ1) is 11.2. The number of nitrogens with one attached hydrogen (secondary N) is 1. The molecule has 16 heavy (non-hydrogen) atoms. The van der Waals surface area contributed by atoms with Crippen LogP contribution in [0.1, 0.15) is 0 Å². The number of ether oxygens (including phenoxy) is 2. The molecule has 1 fully saturated rings. The Bertz CT molecular complexity index is 307. The van der Waals surface area contributed by atoms with Crippen LogP contribution in [0.15, 0.2) is 24.3 Å². The molecule has 0 atom stereocenters. The highest BCUT2D eigenvalue weighted by molar-refractivity contribution is 5.55.